The summed E-state index contributed by atoms with van der Waals surface area (Å²) in [5.41, 5.74) is 1.61. The lowest BCUT2D eigenvalue weighted by atomic mass is 10.2. The Morgan fingerprint density at radius 2 is 1.84 bits per heavy atom. The average molecular weight is 338 g/mol. The normalized spacial score (nSPS) is 11.4. The van der Waals surface area contributed by atoms with Crippen LogP contribution in [0.4, 0.5) is 0 Å². The van der Waals surface area contributed by atoms with Crippen LogP contribution in [0.1, 0.15) is 18.1 Å². The lowest BCUT2D eigenvalue weighted by molar-refractivity contribution is -0.139. The molecule has 0 spiro atoms. The van der Waals surface area contributed by atoms with Crippen LogP contribution < -0.4 is 4.74 Å². The summed E-state index contributed by atoms with van der Waals surface area (Å²) in [6, 6.07) is 18.6. The zero-order valence-electron chi connectivity index (χ0n) is 14.5. The molecular formula is C20H22N2O3. The maximum Gasteiger partial charge on any atom is 0.263 e. The van der Waals surface area contributed by atoms with Gasteiger partial charge in [0.2, 0.25) is 0 Å². The van der Waals surface area contributed by atoms with Crippen LogP contribution in [0.3, 0.4) is 0 Å². The first-order chi connectivity index (χ1) is 12.1. The Morgan fingerprint density at radius 3 is 2.44 bits per heavy atom. The third-order valence-electron chi connectivity index (χ3n) is 3.74. The Labute approximate surface area is 148 Å². The van der Waals surface area contributed by atoms with Gasteiger partial charge in [-0.15, -0.1) is 0 Å². The lowest BCUT2D eigenvalue weighted by Crippen LogP contribution is -2.41. The molecule has 5 heteroatoms. The first-order valence-electron chi connectivity index (χ1n) is 8.12. The molecule has 130 valence electrons. The highest BCUT2D eigenvalue weighted by atomic mass is 16.5. The van der Waals surface area contributed by atoms with Crippen LogP contribution in [0.25, 0.3) is 0 Å². The number of hydrogen-bond acceptors (Lipinski definition) is 4. The van der Waals surface area contributed by atoms with Gasteiger partial charge in [0.25, 0.3) is 5.91 Å². The Morgan fingerprint density at radius 1 is 1.16 bits per heavy atom. The molecule has 2 aromatic rings. The third-order valence-corrected chi connectivity index (χ3v) is 3.74. The van der Waals surface area contributed by atoms with Crippen molar-refractivity contribution in [2.24, 2.45) is 0 Å². The van der Waals surface area contributed by atoms with Gasteiger partial charge in [-0.25, -0.2) is 0 Å². The van der Waals surface area contributed by atoms with Crippen molar-refractivity contribution < 1.29 is 14.3 Å². The van der Waals surface area contributed by atoms with E-state index >= 15 is 0 Å². The summed E-state index contributed by atoms with van der Waals surface area (Å²) < 4.78 is 10.9. The van der Waals surface area contributed by atoms with Crippen LogP contribution in [0, 0.1) is 11.3 Å². The van der Waals surface area contributed by atoms with Crippen LogP contribution in [-0.4, -0.2) is 37.2 Å². The van der Waals surface area contributed by atoms with Crippen molar-refractivity contribution in [1.29, 1.82) is 5.26 Å². The molecular weight excluding hydrogens is 316 g/mol. The molecule has 0 aliphatic rings. The number of carbonyl (C=O) groups excluding carboxylic acids is 1. The molecule has 0 aromatic heterocycles. The van der Waals surface area contributed by atoms with E-state index in [2.05, 4.69) is 6.07 Å². The van der Waals surface area contributed by atoms with Gasteiger partial charge in [-0.1, -0.05) is 30.3 Å². The van der Waals surface area contributed by atoms with E-state index in [1.54, 1.807) is 43.2 Å². The van der Waals surface area contributed by atoms with Gasteiger partial charge in [0.1, 0.15) is 5.75 Å². The highest BCUT2D eigenvalue weighted by Crippen LogP contribution is 2.15. The first kappa shape index (κ1) is 18.5. The molecule has 1 amide bonds. The number of ether oxygens (including phenoxy) is 2. The van der Waals surface area contributed by atoms with E-state index in [1.807, 2.05) is 30.3 Å². The maximum absolute atomic E-state index is 12.8. The van der Waals surface area contributed by atoms with E-state index in [0.717, 1.165) is 5.56 Å². The second kappa shape index (κ2) is 9.45. The Balaban J connectivity index is 2.04. The third kappa shape index (κ3) is 5.63. The van der Waals surface area contributed by atoms with Crippen LogP contribution in [0.5, 0.6) is 5.75 Å². The van der Waals surface area contributed by atoms with Crippen molar-refractivity contribution in [2.45, 2.75) is 19.6 Å². The van der Waals surface area contributed by atoms with Gasteiger partial charge in [-0.2, -0.15) is 5.26 Å². The SMILES string of the molecule is COCCN(Cc1ccccc1)C(=O)[C@H](C)Oc1ccc(C#N)cc1. The molecule has 0 bridgehead atoms. The minimum absolute atomic E-state index is 0.106. The number of methoxy groups -OCH3 is 1. The maximum atomic E-state index is 12.8. The zero-order valence-corrected chi connectivity index (χ0v) is 14.5. The molecule has 0 aliphatic carbocycles. The van der Waals surface area contributed by atoms with Gasteiger partial charge >= 0.3 is 0 Å². The molecule has 0 radical (unpaired) electrons. The molecule has 0 fully saturated rings. The highest BCUT2D eigenvalue weighted by molar-refractivity contribution is 5.81. The molecule has 0 aliphatic heterocycles. The van der Waals surface area contributed by atoms with E-state index < -0.39 is 6.10 Å². The van der Waals surface area contributed by atoms with Crippen molar-refractivity contribution in [2.75, 3.05) is 20.3 Å². The van der Waals surface area contributed by atoms with Gasteiger partial charge in [-0.3, -0.25) is 4.79 Å². The van der Waals surface area contributed by atoms with Gasteiger partial charge in [0, 0.05) is 20.2 Å². The number of hydrogen-bond donors (Lipinski definition) is 0. The van der Waals surface area contributed by atoms with Crippen molar-refractivity contribution in [3.05, 3.63) is 65.7 Å². The smallest absolute Gasteiger partial charge is 0.263 e. The van der Waals surface area contributed by atoms with Crippen LogP contribution in [0.15, 0.2) is 54.6 Å². The van der Waals surface area contributed by atoms with Crippen LogP contribution in [0.2, 0.25) is 0 Å². The quantitative estimate of drug-likeness (QED) is 0.742. The summed E-state index contributed by atoms with van der Waals surface area (Å²) in [6.07, 6.45) is -0.631. The molecule has 2 aromatic carbocycles. The molecule has 2 rings (SSSR count). The summed E-state index contributed by atoms with van der Waals surface area (Å²) in [5.74, 6) is 0.455. The Bertz CT molecular complexity index is 708. The average Bonchev–Trinajstić information content (AvgIpc) is 2.66. The predicted molar refractivity (Wildman–Crippen MR) is 95.0 cm³/mol. The van der Waals surface area contributed by atoms with Crippen LogP contribution in [-0.2, 0) is 16.1 Å². The molecule has 25 heavy (non-hydrogen) atoms. The van der Waals surface area contributed by atoms with Crippen molar-refractivity contribution in [3.8, 4) is 11.8 Å². The fraction of sp³-hybridized carbons (Fsp3) is 0.300. The minimum atomic E-state index is -0.631. The van der Waals surface area contributed by atoms with Gasteiger partial charge in [-0.05, 0) is 36.8 Å². The van der Waals surface area contributed by atoms with E-state index in [4.69, 9.17) is 14.7 Å². The first-order valence-corrected chi connectivity index (χ1v) is 8.12. The molecule has 5 nitrogen and oxygen atoms in total. The lowest BCUT2D eigenvalue weighted by Gasteiger charge is -2.26. The van der Waals surface area contributed by atoms with Gasteiger partial charge in [0.05, 0.1) is 18.2 Å². The minimum Gasteiger partial charge on any atom is -0.481 e. The predicted octanol–water partition coefficient (Wildman–Crippen LogP) is 3.00. The summed E-state index contributed by atoms with van der Waals surface area (Å²) >= 11 is 0. The van der Waals surface area contributed by atoms with Crippen molar-refractivity contribution in [3.63, 3.8) is 0 Å². The molecule has 0 saturated heterocycles. The second-order valence-corrected chi connectivity index (χ2v) is 5.63. The summed E-state index contributed by atoms with van der Waals surface area (Å²) in [7, 11) is 1.61. The topological polar surface area (TPSA) is 62.6 Å². The standard InChI is InChI=1S/C20H22N2O3/c1-16(25-19-10-8-17(14-21)9-11-19)20(23)22(12-13-24-2)15-18-6-4-3-5-7-18/h3-11,16H,12-13,15H2,1-2H3/t16-/m0/s1. The van der Waals surface area contributed by atoms with Gasteiger partial charge in [0.15, 0.2) is 6.10 Å². The van der Waals surface area contributed by atoms with E-state index in [1.165, 1.54) is 0 Å². The summed E-state index contributed by atoms with van der Waals surface area (Å²) in [5, 5.41) is 8.83. The summed E-state index contributed by atoms with van der Waals surface area (Å²) in [4.78, 5) is 14.5. The number of carbonyl (C=O) groups is 1. The molecule has 0 saturated carbocycles. The number of amides is 1. The summed E-state index contributed by atoms with van der Waals surface area (Å²) in [6.45, 7) is 3.18. The fourth-order valence-electron chi connectivity index (χ4n) is 2.39. The zero-order chi connectivity index (χ0) is 18.1. The van der Waals surface area contributed by atoms with E-state index in [-0.39, 0.29) is 5.91 Å². The molecule has 0 N–H and O–H groups in total. The van der Waals surface area contributed by atoms with E-state index in [9.17, 15) is 4.79 Å². The Kier molecular flexibility index (Phi) is 7.00. The molecule has 0 heterocycles. The Hall–Kier alpha value is -2.84. The number of nitriles is 1. The molecule has 1 atom stereocenters. The number of nitrogens with zero attached hydrogens (tertiary/aromatic N) is 2. The van der Waals surface area contributed by atoms with Gasteiger partial charge < -0.3 is 14.4 Å². The fourth-order valence-corrected chi connectivity index (χ4v) is 2.39. The highest BCUT2D eigenvalue weighted by Gasteiger charge is 2.22. The second-order valence-electron chi connectivity index (χ2n) is 5.63. The van der Waals surface area contributed by atoms with Crippen LogP contribution >= 0.6 is 0 Å². The molecule has 0 unspecified atom stereocenters. The number of benzene rings is 2. The number of rotatable bonds is 8. The van der Waals surface area contributed by atoms with Crippen molar-refractivity contribution >= 4 is 5.91 Å². The van der Waals surface area contributed by atoms with E-state index in [0.29, 0.717) is 31.0 Å². The monoisotopic (exact) mass is 338 g/mol. The van der Waals surface area contributed by atoms with Crippen molar-refractivity contribution in [1.82, 2.24) is 4.90 Å². The largest absolute Gasteiger partial charge is 0.481 e.